The first kappa shape index (κ1) is 11.7. The van der Waals surface area contributed by atoms with Crippen LogP contribution in [-0.4, -0.2) is 7.05 Å². The zero-order valence-electron chi connectivity index (χ0n) is 10.4. The first-order valence-electron chi connectivity index (χ1n) is 5.85. The molecule has 0 saturated carbocycles. The molecule has 0 amide bonds. The summed E-state index contributed by atoms with van der Waals surface area (Å²) < 4.78 is 5.34. The van der Waals surface area contributed by atoms with E-state index in [-0.39, 0.29) is 5.63 Å². The normalized spacial score (nSPS) is 11.1. The SMILES string of the molecule is CNc1cccc2oc(=O)c(CC(C)C)cc12. The summed E-state index contributed by atoms with van der Waals surface area (Å²) in [4.78, 5) is 11.8. The van der Waals surface area contributed by atoms with Gasteiger partial charge in [0.05, 0.1) is 0 Å². The lowest BCUT2D eigenvalue weighted by molar-refractivity contribution is 0.535. The molecular formula is C14H17NO2. The van der Waals surface area contributed by atoms with Gasteiger partial charge in [-0.15, -0.1) is 0 Å². The third kappa shape index (κ3) is 2.33. The van der Waals surface area contributed by atoms with Crippen molar-refractivity contribution in [1.29, 1.82) is 0 Å². The highest BCUT2D eigenvalue weighted by Gasteiger charge is 2.09. The summed E-state index contributed by atoms with van der Waals surface area (Å²) in [5.74, 6) is 0.442. The van der Waals surface area contributed by atoms with Crippen molar-refractivity contribution in [3.05, 3.63) is 40.2 Å². The maximum atomic E-state index is 11.8. The Balaban J connectivity index is 2.64. The van der Waals surface area contributed by atoms with Gasteiger partial charge in [0.15, 0.2) is 0 Å². The van der Waals surface area contributed by atoms with Gasteiger partial charge in [-0.2, -0.15) is 0 Å². The number of hydrogen-bond acceptors (Lipinski definition) is 3. The molecule has 90 valence electrons. The van der Waals surface area contributed by atoms with Gasteiger partial charge < -0.3 is 9.73 Å². The molecule has 0 saturated heterocycles. The van der Waals surface area contributed by atoms with Crippen LogP contribution in [0.3, 0.4) is 0 Å². The highest BCUT2D eigenvalue weighted by atomic mass is 16.4. The van der Waals surface area contributed by atoms with E-state index < -0.39 is 0 Å². The zero-order chi connectivity index (χ0) is 12.4. The molecule has 0 spiro atoms. The van der Waals surface area contributed by atoms with Gasteiger partial charge in [-0.3, -0.25) is 0 Å². The first-order chi connectivity index (χ1) is 8.11. The zero-order valence-corrected chi connectivity index (χ0v) is 10.4. The summed E-state index contributed by atoms with van der Waals surface area (Å²) in [5.41, 5.74) is 2.14. The molecule has 17 heavy (non-hydrogen) atoms. The maximum Gasteiger partial charge on any atom is 0.339 e. The molecule has 1 N–H and O–H groups in total. The number of rotatable bonds is 3. The van der Waals surface area contributed by atoms with Gasteiger partial charge in [0.2, 0.25) is 0 Å². The lowest BCUT2D eigenvalue weighted by atomic mass is 10.0. The Bertz CT molecular complexity index is 584. The van der Waals surface area contributed by atoms with Crippen molar-refractivity contribution in [3.63, 3.8) is 0 Å². The van der Waals surface area contributed by atoms with Crippen molar-refractivity contribution < 1.29 is 4.42 Å². The molecule has 0 radical (unpaired) electrons. The molecule has 1 heterocycles. The van der Waals surface area contributed by atoms with Crippen molar-refractivity contribution >= 4 is 16.7 Å². The van der Waals surface area contributed by atoms with Crippen LogP contribution in [0.15, 0.2) is 33.5 Å². The van der Waals surface area contributed by atoms with E-state index in [0.717, 1.165) is 23.1 Å². The van der Waals surface area contributed by atoms with Crippen LogP contribution in [0.2, 0.25) is 0 Å². The molecular weight excluding hydrogens is 214 g/mol. The second-order valence-corrected chi connectivity index (χ2v) is 4.62. The summed E-state index contributed by atoms with van der Waals surface area (Å²) in [6.07, 6.45) is 0.746. The molecule has 0 bridgehead atoms. The van der Waals surface area contributed by atoms with E-state index in [1.807, 2.05) is 31.3 Å². The average Bonchev–Trinajstić information content (AvgIpc) is 2.28. The molecule has 1 aromatic heterocycles. The minimum atomic E-state index is -0.223. The fourth-order valence-electron chi connectivity index (χ4n) is 1.98. The van der Waals surface area contributed by atoms with E-state index >= 15 is 0 Å². The fourth-order valence-corrected chi connectivity index (χ4v) is 1.98. The Hall–Kier alpha value is -1.77. The lowest BCUT2D eigenvalue weighted by Gasteiger charge is -2.08. The summed E-state index contributed by atoms with van der Waals surface area (Å²) in [7, 11) is 1.86. The summed E-state index contributed by atoms with van der Waals surface area (Å²) in [6.45, 7) is 4.18. The summed E-state index contributed by atoms with van der Waals surface area (Å²) in [5, 5.41) is 4.07. The molecule has 2 aromatic rings. The van der Waals surface area contributed by atoms with E-state index in [1.54, 1.807) is 0 Å². The Morgan fingerprint density at radius 3 is 2.76 bits per heavy atom. The number of nitrogens with one attached hydrogen (secondary N) is 1. The Kier molecular flexibility index (Phi) is 3.18. The second-order valence-electron chi connectivity index (χ2n) is 4.62. The molecule has 2 rings (SSSR count). The van der Waals surface area contributed by atoms with E-state index in [2.05, 4.69) is 19.2 Å². The second kappa shape index (κ2) is 4.62. The van der Waals surface area contributed by atoms with Crippen molar-refractivity contribution in [2.24, 2.45) is 5.92 Å². The molecule has 0 unspecified atom stereocenters. The molecule has 3 heteroatoms. The third-order valence-corrected chi connectivity index (χ3v) is 2.75. The summed E-state index contributed by atoms with van der Waals surface area (Å²) in [6, 6.07) is 7.60. The fraction of sp³-hybridized carbons (Fsp3) is 0.357. The van der Waals surface area contributed by atoms with Gasteiger partial charge in [-0.05, 0) is 30.5 Å². The standard InChI is InChI=1S/C14H17NO2/c1-9(2)7-10-8-11-12(15-3)5-4-6-13(11)17-14(10)16/h4-6,8-9,15H,7H2,1-3H3. The molecule has 1 aromatic carbocycles. The Morgan fingerprint density at radius 1 is 1.35 bits per heavy atom. The number of hydrogen-bond donors (Lipinski definition) is 1. The average molecular weight is 231 g/mol. The molecule has 0 aliphatic carbocycles. The molecule has 0 aliphatic heterocycles. The van der Waals surface area contributed by atoms with E-state index in [4.69, 9.17) is 4.42 Å². The van der Waals surface area contributed by atoms with Gasteiger partial charge in [-0.1, -0.05) is 19.9 Å². The summed E-state index contributed by atoms with van der Waals surface area (Å²) >= 11 is 0. The monoisotopic (exact) mass is 231 g/mol. The van der Waals surface area contributed by atoms with E-state index in [9.17, 15) is 4.79 Å². The molecule has 0 aliphatic rings. The van der Waals surface area contributed by atoms with Crippen molar-refractivity contribution in [2.45, 2.75) is 20.3 Å². The van der Waals surface area contributed by atoms with Gasteiger partial charge >= 0.3 is 5.63 Å². The van der Waals surface area contributed by atoms with E-state index in [0.29, 0.717) is 11.5 Å². The largest absolute Gasteiger partial charge is 0.422 e. The predicted octanol–water partition coefficient (Wildman–Crippen LogP) is 3.03. The third-order valence-electron chi connectivity index (χ3n) is 2.75. The minimum Gasteiger partial charge on any atom is -0.422 e. The van der Waals surface area contributed by atoms with Crippen LogP contribution in [0.25, 0.3) is 11.0 Å². The molecule has 0 fully saturated rings. The van der Waals surface area contributed by atoms with Crippen LogP contribution in [0.1, 0.15) is 19.4 Å². The Morgan fingerprint density at radius 2 is 2.12 bits per heavy atom. The smallest absolute Gasteiger partial charge is 0.339 e. The maximum absolute atomic E-state index is 11.8. The number of benzene rings is 1. The number of anilines is 1. The van der Waals surface area contributed by atoms with Crippen molar-refractivity contribution in [1.82, 2.24) is 0 Å². The predicted molar refractivity (Wildman–Crippen MR) is 70.6 cm³/mol. The quantitative estimate of drug-likeness (QED) is 0.825. The van der Waals surface area contributed by atoms with Gasteiger partial charge in [0, 0.05) is 23.7 Å². The van der Waals surface area contributed by atoms with Crippen molar-refractivity contribution in [2.75, 3.05) is 12.4 Å². The molecule has 3 nitrogen and oxygen atoms in total. The lowest BCUT2D eigenvalue weighted by Crippen LogP contribution is -2.10. The van der Waals surface area contributed by atoms with Gasteiger partial charge in [0.1, 0.15) is 5.58 Å². The van der Waals surface area contributed by atoms with Crippen LogP contribution in [0.5, 0.6) is 0 Å². The van der Waals surface area contributed by atoms with Crippen LogP contribution in [-0.2, 0) is 6.42 Å². The Labute approximate surface area is 100 Å². The molecule has 0 atom stereocenters. The van der Waals surface area contributed by atoms with Gasteiger partial charge in [0.25, 0.3) is 0 Å². The highest BCUT2D eigenvalue weighted by Crippen LogP contribution is 2.23. The van der Waals surface area contributed by atoms with Gasteiger partial charge in [-0.25, -0.2) is 4.79 Å². The highest BCUT2D eigenvalue weighted by molar-refractivity contribution is 5.90. The van der Waals surface area contributed by atoms with Crippen LogP contribution in [0.4, 0.5) is 5.69 Å². The van der Waals surface area contributed by atoms with Crippen LogP contribution >= 0.6 is 0 Å². The van der Waals surface area contributed by atoms with Crippen molar-refractivity contribution in [3.8, 4) is 0 Å². The topological polar surface area (TPSA) is 42.2 Å². The first-order valence-corrected chi connectivity index (χ1v) is 5.85. The van der Waals surface area contributed by atoms with E-state index in [1.165, 1.54) is 0 Å². The number of fused-ring (bicyclic) bond motifs is 1. The van der Waals surface area contributed by atoms with Crippen LogP contribution < -0.4 is 10.9 Å². The van der Waals surface area contributed by atoms with Crippen LogP contribution in [0, 0.1) is 5.92 Å². The minimum absolute atomic E-state index is 0.223.